The molecule has 2 aromatic carbocycles. The summed E-state index contributed by atoms with van der Waals surface area (Å²) in [5.74, 6) is 0.784. The molecule has 0 saturated carbocycles. The van der Waals surface area contributed by atoms with Crippen LogP contribution in [-0.2, 0) is 13.0 Å². The summed E-state index contributed by atoms with van der Waals surface area (Å²) in [5.41, 5.74) is 2.94. The summed E-state index contributed by atoms with van der Waals surface area (Å²) < 4.78 is 0. The Balaban J connectivity index is 2.00. The Morgan fingerprint density at radius 2 is 1.89 bits per heavy atom. The molecule has 0 aliphatic carbocycles. The van der Waals surface area contributed by atoms with Crippen molar-refractivity contribution >= 4 is 23.5 Å². The number of hydrogen-bond donors (Lipinski definition) is 2. The van der Waals surface area contributed by atoms with Crippen molar-refractivity contribution in [1.29, 1.82) is 0 Å². The molecule has 0 spiro atoms. The van der Waals surface area contributed by atoms with E-state index < -0.39 is 0 Å². The molecule has 144 valence electrons. The predicted octanol–water partition coefficient (Wildman–Crippen LogP) is 3.34. The van der Waals surface area contributed by atoms with E-state index in [0.717, 1.165) is 36.1 Å². The molecule has 6 heteroatoms. The molecule has 1 amide bonds. The van der Waals surface area contributed by atoms with E-state index in [0.29, 0.717) is 12.1 Å². The standard InChI is InChI=1S/C21H27ClN4O/c1-4-24-21(26(3)15-17-8-10-19(22)11-9-17)25-13-12-16-6-5-7-18(14-16)20(27)23-2/h5-11,14H,4,12-13,15H2,1-3H3,(H,23,27)(H,24,25). The Morgan fingerprint density at radius 1 is 1.15 bits per heavy atom. The van der Waals surface area contributed by atoms with Gasteiger partial charge in [-0.1, -0.05) is 35.9 Å². The fourth-order valence-electron chi connectivity index (χ4n) is 2.71. The highest BCUT2D eigenvalue weighted by molar-refractivity contribution is 6.30. The van der Waals surface area contributed by atoms with Crippen molar-refractivity contribution in [3.63, 3.8) is 0 Å². The molecule has 0 heterocycles. The zero-order valence-electron chi connectivity index (χ0n) is 16.1. The molecule has 2 N–H and O–H groups in total. The van der Waals surface area contributed by atoms with Crippen LogP contribution in [0.1, 0.15) is 28.4 Å². The fraction of sp³-hybridized carbons (Fsp3) is 0.333. The van der Waals surface area contributed by atoms with Gasteiger partial charge in [0.15, 0.2) is 5.96 Å². The Bertz CT molecular complexity index is 774. The van der Waals surface area contributed by atoms with Crippen molar-refractivity contribution < 1.29 is 4.79 Å². The largest absolute Gasteiger partial charge is 0.357 e. The molecular formula is C21H27ClN4O. The fourth-order valence-corrected chi connectivity index (χ4v) is 2.84. The quantitative estimate of drug-likeness (QED) is 0.566. The van der Waals surface area contributed by atoms with E-state index in [4.69, 9.17) is 16.6 Å². The zero-order chi connectivity index (χ0) is 19.6. The Hall–Kier alpha value is -2.53. The summed E-state index contributed by atoms with van der Waals surface area (Å²) in [5, 5.41) is 6.71. The van der Waals surface area contributed by atoms with Gasteiger partial charge in [0.2, 0.25) is 0 Å². The van der Waals surface area contributed by atoms with Gasteiger partial charge in [-0.3, -0.25) is 9.79 Å². The van der Waals surface area contributed by atoms with E-state index in [1.807, 2.05) is 55.6 Å². The molecule has 0 saturated heterocycles. The third-order valence-corrected chi connectivity index (χ3v) is 4.36. The van der Waals surface area contributed by atoms with Crippen LogP contribution in [0.15, 0.2) is 53.5 Å². The van der Waals surface area contributed by atoms with E-state index in [1.165, 1.54) is 5.56 Å². The third kappa shape index (κ3) is 6.61. The number of guanidine groups is 1. The van der Waals surface area contributed by atoms with Gasteiger partial charge in [-0.25, -0.2) is 0 Å². The average Bonchev–Trinajstić information content (AvgIpc) is 2.68. The summed E-state index contributed by atoms with van der Waals surface area (Å²) in [6.07, 6.45) is 0.772. The monoisotopic (exact) mass is 386 g/mol. The maximum Gasteiger partial charge on any atom is 0.251 e. The number of rotatable bonds is 7. The van der Waals surface area contributed by atoms with Gasteiger partial charge in [-0.05, 0) is 48.7 Å². The lowest BCUT2D eigenvalue weighted by Gasteiger charge is -2.22. The SMILES string of the molecule is CCNC(=NCCc1cccc(C(=O)NC)c1)N(C)Cc1ccc(Cl)cc1. The highest BCUT2D eigenvalue weighted by atomic mass is 35.5. The van der Waals surface area contributed by atoms with Gasteiger partial charge in [-0.15, -0.1) is 0 Å². The molecule has 0 radical (unpaired) electrons. The molecule has 0 bridgehead atoms. The number of nitrogens with zero attached hydrogens (tertiary/aromatic N) is 2. The molecule has 2 rings (SSSR count). The Morgan fingerprint density at radius 3 is 2.56 bits per heavy atom. The van der Waals surface area contributed by atoms with Crippen LogP contribution in [0.4, 0.5) is 0 Å². The van der Waals surface area contributed by atoms with Crippen molar-refractivity contribution in [3.05, 3.63) is 70.2 Å². The predicted molar refractivity (Wildman–Crippen MR) is 112 cm³/mol. The molecule has 0 unspecified atom stereocenters. The smallest absolute Gasteiger partial charge is 0.251 e. The molecule has 5 nitrogen and oxygen atoms in total. The molecule has 27 heavy (non-hydrogen) atoms. The number of nitrogens with one attached hydrogen (secondary N) is 2. The van der Waals surface area contributed by atoms with Crippen LogP contribution in [0.2, 0.25) is 5.02 Å². The van der Waals surface area contributed by atoms with Gasteiger partial charge in [0.1, 0.15) is 0 Å². The average molecular weight is 387 g/mol. The second-order valence-corrected chi connectivity index (χ2v) is 6.68. The maximum atomic E-state index is 11.8. The maximum absolute atomic E-state index is 11.8. The second kappa shape index (κ2) is 10.6. The van der Waals surface area contributed by atoms with Gasteiger partial charge < -0.3 is 15.5 Å². The number of benzene rings is 2. The summed E-state index contributed by atoms with van der Waals surface area (Å²) >= 11 is 5.95. The number of aliphatic imine (C=N–C) groups is 1. The topological polar surface area (TPSA) is 56.7 Å². The highest BCUT2D eigenvalue weighted by Crippen LogP contribution is 2.11. The molecule has 0 aromatic heterocycles. The first kappa shape index (κ1) is 20.8. The summed E-state index contributed by atoms with van der Waals surface area (Å²) in [7, 11) is 3.65. The van der Waals surface area contributed by atoms with Crippen LogP contribution in [-0.4, -0.2) is 44.0 Å². The van der Waals surface area contributed by atoms with Crippen molar-refractivity contribution in [2.24, 2.45) is 4.99 Å². The first-order valence-corrected chi connectivity index (χ1v) is 9.46. The van der Waals surface area contributed by atoms with E-state index in [9.17, 15) is 4.79 Å². The van der Waals surface area contributed by atoms with E-state index in [1.54, 1.807) is 7.05 Å². The lowest BCUT2D eigenvalue weighted by Crippen LogP contribution is -2.38. The molecule has 0 atom stereocenters. The number of carbonyl (C=O) groups is 1. The molecule has 0 aliphatic heterocycles. The Labute approximate surface area is 166 Å². The van der Waals surface area contributed by atoms with Crippen LogP contribution >= 0.6 is 11.6 Å². The van der Waals surface area contributed by atoms with Gasteiger partial charge in [0.05, 0.1) is 0 Å². The molecular weight excluding hydrogens is 360 g/mol. The van der Waals surface area contributed by atoms with Crippen LogP contribution in [0.5, 0.6) is 0 Å². The van der Waals surface area contributed by atoms with E-state index in [2.05, 4.69) is 22.5 Å². The highest BCUT2D eigenvalue weighted by Gasteiger charge is 2.07. The van der Waals surface area contributed by atoms with Crippen LogP contribution in [0, 0.1) is 0 Å². The van der Waals surface area contributed by atoms with Crippen molar-refractivity contribution in [3.8, 4) is 0 Å². The van der Waals surface area contributed by atoms with Gasteiger partial charge >= 0.3 is 0 Å². The first-order valence-electron chi connectivity index (χ1n) is 9.08. The van der Waals surface area contributed by atoms with Crippen molar-refractivity contribution in [2.75, 3.05) is 27.2 Å². The number of amides is 1. The minimum atomic E-state index is -0.0728. The summed E-state index contributed by atoms with van der Waals surface area (Å²) in [4.78, 5) is 18.6. The number of carbonyl (C=O) groups excluding carboxylic acids is 1. The van der Waals surface area contributed by atoms with Crippen LogP contribution in [0.25, 0.3) is 0 Å². The third-order valence-electron chi connectivity index (χ3n) is 4.11. The van der Waals surface area contributed by atoms with Gasteiger partial charge in [0.25, 0.3) is 5.91 Å². The minimum Gasteiger partial charge on any atom is -0.357 e. The van der Waals surface area contributed by atoms with E-state index in [-0.39, 0.29) is 5.91 Å². The van der Waals surface area contributed by atoms with Crippen molar-refractivity contribution in [2.45, 2.75) is 19.9 Å². The number of halogens is 1. The summed E-state index contributed by atoms with van der Waals surface area (Å²) in [6, 6.07) is 15.5. The Kier molecular flexibility index (Phi) is 8.14. The van der Waals surface area contributed by atoms with E-state index >= 15 is 0 Å². The lowest BCUT2D eigenvalue weighted by molar-refractivity contribution is 0.0963. The van der Waals surface area contributed by atoms with Gasteiger partial charge in [0, 0.05) is 44.3 Å². The molecule has 0 fully saturated rings. The normalized spacial score (nSPS) is 11.2. The minimum absolute atomic E-state index is 0.0728. The van der Waals surface area contributed by atoms with Crippen LogP contribution < -0.4 is 10.6 Å². The molecule has 0 aliphatic rings. The number of hydrogen-bond acceptors (Lipinski definition) is 2. The first-order chi connectivity index (χ1) is 13.0. The van der Waals surface area contributed by atoms with Crippen LogP contribution in [0.3, 0.4) is 0 Å². The van der Waals surface area contributed by atoms with Crippen molar-refractivity contribution in [1.82, 2.24) is 15.5 Å². The molecule has 2 aromatic rings. The summed E-state index contributed by atoms with van der Waals surface area (Å²) in [6.45, 7) is 4.24. The second-order valence-electron chi connectivity index (χ2n) is 6.25. The zero-order valence-corrected chi connectivity index (χ0v) is 16.9. The van der Waals surface area contributed by atoms with Gasteiger partial charge in [-0.2, -0.15) is 0 Å². The lowest BCUT2D eigenvalue weighted by atomic mass is 10.1.